The zero-order valence-electron chi connectivity index (χ0n) is 14.8. The molecule has 1 rings (SSSR count). The van der Waals surface area contributed by atoms with Crippen molar-refractivity contribution in [1.82, 2.24) is 4.90 Å². The van der Waals surface area contributed by atoms with E-state index in [0.717, 1.165) is 6.07 Å². The Morgan fingerprint density at radius 3 is 2.08 bits per heavy atom. The van der Waals surface area contributed by atoms with E-state index in [1.807, 2.05) is 0 Å². The normalized spacial score (nSPS) is 12.8. The predicted octanol–water partition coefficient (Wildman–Crippen LogP) is 2.94. The maximum atomic E-state index is 12.7. The number of amides is 1. The SMILES string of the molecule is CCN(CC)C(=O)c1cccc(OS(=O)(=O)C(F)(F)F)c1[Si](C)(C)C. The van der Waals surface area contributed by atoms with Crippen molar-refractivity contribution in [3.8, 4) is 5.75 Å². The molecule has 0 aliphatic carbocycles. The van der Waals surface area contributed by atoms with Gasteiger partial charge in [0.1, 0.15) is 5.75 Å². The largest absolute Gasteiger partial charge is 0.534 e. The third kappa shape index (κ3) is 4.75. The summed E-state index contributed by atoms with van der Waals surface area (Å²) in [4.78, 5) is 14.2. The molecular weight excluding hydrogens is 375 g/mol. The van der Waals surface area contributed by atoms with Gasteiger partial charge in [0.2, 0.25) is 0 Å². The maximum Gasteiger partial charge on any atom is 0.534 e. The second-order valence-electron chi connectivity index (χ2n) is 6.39. The van der Waals surface area contributed by atoms with E-state index < -0.39 is 29.4 Å². The van der Waals surface area contributed by atoms with Crippen molar-refractivity contribution in [2.45, 2.75) is 39.0 Å². The number of carbonyl (C=O) groups is 1. The molecule has 0 heterocycles. The first-order valence-corrected chi connectivity index (χ1v) is 12.6. The Morgan fingerprint density at radius 2 is 1.68 bits per heavy atom. The molecule has 0 saturated heterocycles. The second kappa shape index (κ2) is 7.36. The van der Waals surface area contributed by atoms with Gasteiger partial charge in [-0.15, -0.1) is 0 Å². The smallest absolute Gasteiger partial charge is 0.376 e. The minimum absolute atomic E-state index is 0.178. The summed E-state index contributed by atoms with van der Waals surface area (Å²) in [5, 5.41) is 0.250. The van der Waals surface area contributed by atoms with Crippen molar-refractivity contribution in [3.63, 3.8) is 0 Å². The van der Waals surface area contributed by atoms with Gasteiger partial charge in [-0.2, -0.15) is 21.6 Å². The molecule has 0 radical (unpaired) electrons. The molecule has 1 aromatic rings. The van der Waals surface area contributed by atoms with Gasteiger partial charge in [-0.25, -0.2) is 0 Å². The van der Waals surface area contributed by atoms with Crippen LogP contribution in [0, 0.1) is 0 Å². The standard InChI is InChI=1S/C15H22F3NO4SSi/c1-6-19(7-2)14(20)11-9-8-10-12(13(11)25(3,4)5)23-24(21,22)15(16,17)18/h8-10H,6-7H2,1-5H3. The van der Waals surface area contributed by atoms with E-state index in [-0.39, 0.29) is 16.7 Å². The van der Waals surface area contributed by atoms with Crippen LogP contribution >= 0.6 is 0 Å². The number of benzene rings is 1. The third-order valence-electron chi connectivity index (χ3n) is 3.54. The Bertz CT molecular complexity index is 738. The molecule has 142 valence electrons. The van der Waals surface area contributed by atoms with Gasteiger partial charge in [0.05, 0.1) is 8.07 Å². The summed E-state index contributed by atoms with van der Waals surface area (Å²) in [6, 6.07) is 3.96. The highest BCUT2D eigenvalue weighted by atomic mass is 32.2. The summed E-state index contributed by atoms with van der Waals surface area (Å²) < 4.78 is 65.2. The molecule has 0 aliphatic heterocycles. The van der Waals surface area contributed by atoms with E-state index in [2.05, 4.69) is 4.18 Å². The van der Waals surface area contributed by atoms with Crippen LogP contribution in [-0.4, -0.2) is 45.9 Å². The lowest BCUT2D eigenvalue weighted by Gasteiger charge is -2.27. The van der Waals surface area contributed by atoms with E-state index in [0.29, 0.717) is 13.1 Å². The van der Waals surface area contributed by atoms with Crippen molar-refractivity contribution in [3.05, 3.63) is 23.8 Å². The number of halogens is 3. The van der Waals surface area contributed by atoms with E-state index >= 15 is 0 Å². The number of rotatable bonds is 6. The van der Waals surface area contributed by atoms with Gasteiger partial charge < -0.3 is 9.08 Å². The van der Waals surface area contributed by atoms with Gasteiger partial charge in [0.25, 0.3) is 5.91 Å². The van der Waals surface area contributed by atoms with E-state index in [4.69, 9.17) is 0 Å². The molecule has 0 bridgehead atoms. The van der Waals surface area contributed by atoms with Crippen molar-refractivity contribution in [1.29, 1.82) is 0 Å². The fraction of sp³-hybridized carbons (Fsp3) is 0.533. The lowest BCUT2D eigenvalue weighted by atomic mass is 10.2. The van der Waals surface area contributed by atoms with Crippen molar-refractivity contribution in [2.24, 2.45) is 0 Å². The highest BCUT2D eigenvalue weighted by Gasteiger charge is 2.49. The van der Waals surface area contributed by atoms with Crippen LogP contribution in [0.1, 0.15) is 24.2 Å². The van der Waals surface area contributed by atoms with Crippen LogP contribution in [0.15, 0.2) is 18.2 Å². The molecule has 5 nitrogen and oxygen atoms in total. The maximum absolute atomic E-state index is 12.7. The van der Waals surface area contributed by atoms with Crippen LogP contribution < -0.4 is 9.37 Å². The molecule has 0 fully saturated rings. The minimum atomic E-state index is -5.81. The number of alkyl halides is 3. The van der Waals surface area contributed by atoms with Crippen LogP contribution in [0.2, 0.25) is 19.6 Å². The van der Waals surface area contributed by atoms with Crippen molar-refractivity contribution >= 4 is 29.3 Å². The van der Waals surface area contributed by atoms with Crippen LogP contribution in [0.3, 0.4) is 0 Å². The topological polar surface area (TPSA) is 63.7 Å². The fourth-order valence-electron chi connectivity index (χ4n) is 2.40. The molecular formula is C15H22F3NO4SSi. The molecule has 0 aromatic heterocycles. The van der Waals surface area contributed by atoms with Gasteiger partial charge in [-0.05, 0) is 31.2 Å². The average molecular weight is 397 g/mol. The summed E-state index contributed by atoms with van der Waals surface area (Å²) in [5.74, 6) is -0.799. The first kappa shape index (κ1) is 21.5. The summed E-state index contributed by atoms with van der Waals surface area (Å²) in [5.41, 5.74) is -5.36. The number of nitrogens with zero attached hydrogens (tertiary/aromatic N) is 1. The first-order valence-electron chi connectivity index (χ1n) is 7.69. The summed E-state index contributed by atoms with van der Waals surface area (Å²) in [6.07, 6.45) is 0. The number of hydrogen-bond acceptors (Lipinski definition) is 4. The highest BCUT2D eigenvalue weighted by Crippen LogP contribution is 2.28. The molecule has 1 aromatic carbocycles. The predicted molar refractivity (Wildman–Crippen MR) is 92.3 cm³/mol. The molecule has 0 saturated carbocycles. The Kier molecular flexibility index (Phi) is 6.33. The Hall–Kier alpha value is -1.55. The van der Waals surface area contributed by atoms with E-state index in [1.165, 1.54) is 17.0 Å². The highest BCUT2D eigenvalue weighted by molar-refractivity contribution is 7.88. The number of hydrogen-bond donors (Lipinski definition) is 0. The van der Waals surface area contributed by atoms with Gasteiger partial charge in [-0.3, -0.25) is 4.79 Å². The van der Waals surface area contributed by atoms with Crippen LogP contribution in [0.5, 0.6) is 5.75 Å². The Labute approximate surface area is 146 Å². The molecule has 0 N–H and O–H groups in total. The van der Waals surface area contributed by atoms with Crippen molar-refractivity contribution in [2.75, 3.05) is 13.1 Å². The Balaban J connectivity index is 3.57. The third-order valence-corrected chi connectivity index (χ3v) is 6.52. The molecule has 1 amide bonds. The summed E-state index contributed by atoms with van der Waals surface area (Å²) in [6.45, 7) is 9.81. The zero-order chi connectivity index (χ0) is 19.6. The molecule has 0 atom stereocenters. The molecule has 0 spiro atoms. The minimum Gasteiger partial charge on any atom is -0.376 e. The number of carbonyl (C=O) groups excluding carboxylic acids is 1. The lowest BCUT2D eigenvalue weighted by Crippen LogP contribution is -2.46. The van der Waals surface area contributed by atoms with Gasteiger partial charge in [-0.1, -0.05) is 25.7 Å². The lowest BCUT2D eigenvalue weighted by molar-refractivity contribution is -0.0499. The van der Waals surface area contributed by atoms with E-state index in [1.54, 1.807) is 33.5 Å². The molecule has 0 unspecified atom stereocenters. The van der Waals surface area contributed by atoms with Crippen molar-refractivity contribution < 1.29 is 30.6 Å². The van der Waals surface area contributed by atoms with Crippen LogP contribution in [0.25, 0.3) is 0 Å². The monoisotopic (exact) mass is 397 g/mol. The zero-order valence-corrected chi connectivity index (χ0v) is 16.6. The van der Waals surface area contributed by atoms with Gasteiger partial charge >= 0.3 is 15.6 Å². The first-order chi connectivity index (χ1) is 11.3. The molecule has 10 heteroatoms. The molecule has 25 heavy (non-hydrogen) atoms. The fourth-order valence-corrected chi connectivity index (χ4v) is 4.81. The average Bonchev–Trinajstić information content (AvgIpc) is 2.45. The quantitative estimate of drug-likeness (QED) is 0.421. The second-order valence-corrected chi connectivity index (χ2v) is 12.9. The molecule has 0 aliphatic rings. The van der Waals surface area contributed by atoms with E-state index in [9.17, 15) is 26.4 Å². The Morgan fingerprint density at radius 1 is 1.16 bits per heavy atom. The van der Waals surface area contributed by atoms with Crippen LogP contribution in [0.4, 0.5) is 13.2 Å². The van der Waals surface area contributed by atoms with Crippen LogP contribution in [-0.2, 0) is 10.1 Å². The van der Waals surface area contributed by atoms with Gasteiger partial charge in [0.15, 0.2) is 0 Å². The summed E-state index contributed by atoms with van der Waals surface area (Å²) in [7, 11) is -8.23. The van der Waals surface area contributed by atoms with Gasteiger partial charge in [0, 0.05) is 18.7 Å². The summed E-state index contributed by atoms with van der Waals surface area (Å²) >= 11 is 0.